The molecule has 0 bridgehead atoms. The van der Waals surface area contributed by atoms with Crippen molar-refractivity contribution in [1.29, 1.82) is 0 Å². The highest BCUT2D eigenvalue weighted by molar-refractivity contribution is 6.51. The first-order valence-corrected chi connectivity index (χ1v) is 10.8. The summed E-state index contributed by atoms with van der Waals surface area (Å²) in [5.41, 5.74) is 5.17. The minimum Gasteiger partial charge on any atom is -0.308 e. The third-order valence-electron chi connectivity index (χ3n) is 6.40. The van der Waals surface area contributed by atoms with Crippen molar-refractivity contribution in [2.45, 2.75) is 6.92 Å². The third-order valence-corrected chi connectivity index (χ3v) is 6.40. The molecule has 0 fully saturated rings. The molecule has 2 N–H and O–H groups in total. The molecule has 4 aromatic rings. The largest absolute Gasteiger partial charge is 0.308 e. The van der Waals surface area contributed by atoms with Gasteiger partial charge in [0, 0.05) is 17.7 Å². The van der Waals surface area contributed by atoms with Crippen molar-refractivity contribution in [3.05, 3.63) is 110 Å². The number of amides is 1. The van der Waals surface area contributed by atoms with Gasteiger partial charge in [0.25, 0.3) is 11.5 Å². The van der Waals surface area contributed by atoms with Crippen LogP contribution in [0.2, 0.25) is 0 Å². The number of carbonyl (C=O) groups excluding carboxylic acids is 2. The second-order valence-corrected chi connectivity index (χ2v) is 8.07. The lowest BCUT2D eigenvalue weighted by atomic mass is 9.93. The minimum absolute atomic E-state index is 0.0294. The van der Waals surface area contributed by atoms with E-state index >= 15 is 0 Å². The standard InChI is InChI=1S/C27H19N3O3/c1-2-30-20-14-8-7-13-19(20)25(31)23(27(30)33)24-22(26(32)29-28-24)21-17-11-5-3-9-15(17)16-10-4-6-12-18(16)21/h3-14,28H,2H2,1H3,(H,29,32)/b24-23+. The van der Waals surface area contributed by atoms with Crippen molar-refractivity contribution in [2.24, 2.45) is 0 Å². The van der Waals surface area contributed by atoms with Crippen LogP contribution < -0.4 is 21.0 Å². The maximum Gasteiger partial charge on any atom is 0.272 e. The van der Waals surface area contributed by atoms with Crippen LogP contribution in [0, 0.1) is 0 Å². The van der Waals surface area contributed by atoms with Crippen molar-refractivity contribution < 1.29 is 9.59 Å². The number of fused-ring (bicyclic) bond motifs is 4. The average molecular weight is 433 g/mol. The Balaban J connectivity index is 1.80. The Bertz CT molecular complexity index is 1630. The van der Waals surface area contributed by atoms with Gasteiger partial charge in [0.15, 0.2) is 0 Å². The number of aromatic amines is 2. The monoisotopic (exact) mass is 433 g/mol. The van der Waals surface area contributed by atoms with Crippen molar-refractivity contribution in [2.75, 3.05) is 11.4 Å². The lowest BCUT2D eigenvalue weighted by Gasteiger charge is -2.28. The first kappa shape index (κ1) is 19.3. The summed E-state index contributed by atoms with van der Waals surface area (Å²) >= 11 is 0. The Labute approximate surface area is 188 Å². The number of benzene rings is 3. The van der Waals surface area contributed by atoms with Crippen LogP contribution in [-0.4, -0.2) is 28.4 Å². The summed E-state index contributed by atoms with van der Waals surface area (Å²) in [7, 11) is 0. The summed E-state index contributed by atoms with van der Waals surface area (Å²) in [6, 6.07) is 22.8. The van der Waals surface area contributed by atoms with Gasteiger partial charge in [-0.25, -0.2) is 0 Å². The summed E-state index contributed by atoms with van der Waals surface area (Å²) in [5, 5.41) is 6.01. The number of ketones is 1. The van der Waals surface area contributed by atoms with E-state index in [-0.39, 0.29) is 16.5 Å². The van der Waals surface area contributed by atoms with E-state index in [1.165, 1.54) is 0 Å². The number of H-pyrrole nitrogens is 2. The van der Waals surface area contributed by atoms with Crippen LogP contribution in [0.4, 0.5) is 5.69 Å². The maximum absolute atomic E-state index is 13.5. The fraction of sp³-hybridized carbons (Fsp3) is 0.0741. The van der Waals surface area contributed by atoms with Gasteiger partial charge in [-0.15, -0.1) is 0 Å². The molecule has 160 valence electrons. The lowest BCUT2D eigenvalue weighted by molar-refractivity contribution is -0.113. The molecule has 1 aromatic heterocycles. The fourth-order valence-corrected chi connectivity index (χ4v) is 4.98. The molecule has 2 aliphatic rings. The fourth-order valence-electron chi connectivity index (χ4n) is 4.98. The van der Waals surface area contributed by atoms with Crippen LogP contribution in [0.3, 0.4) is 0 Å². The van der Waals surface area contributed by atoms with Crippen LogP contribution in [-0.2, 0) is 4.79 Å². The Morgan fingerprint density at radius 2 is 1.21 bits per heavy atom. The van der Waals surface area contributed by atoms with E-state index in [1.807, 2.05) is 55.5 Å². The van der Waals surface area contributed by atoms with Gasteiger partial charge in [0.05, 0.1) is 16.3 Å². The van der Waals surface area contributed by atoms with E-state index in [2.05, 4.69) is 10.2 Å². The van der Waals surface area contributed by atoms with Gasteiger partial charge < -0.3 is 4.90 Å². The van der Waals surface area contributed by atoms with E-state index in [1.54, 1.807) is 29.2 Å². The predicted octanol–water partition coefficient (Wildman–Crippen LogP) is 2.33. The number of carbonyl (C=O) groups is 2. The van der Waals surface area contributed by atoms with Gasteiger partial charge in [0.2, 0.25) is 5.78 Å². The van der Waals surface area contributed by atoms with Gasteiger partial charge in [0.1, 0.15) is 5.57 Å². The van der Waals surface area contributed by atoms with Crippen molar-refractivity contribution in [3.8, 4) is 11.1 Å². The number of hydrogen-bond acceptors (Lipinski definition) is 3. The normalized spacial score (nSPS) is 16.0. The molecule has 6 nitrogen and oxygen atoms in total. The number of nitrogens with zero attached hydrogens (tertiary/aromatic N) is 1. The average Bonchev–Trinajstić information content (AvgIpc) is 3.37. The number of rotatable bonds is 1. The second-order valence-electron chi connectivity index (χ2n) is 8.07. The van der Waals surface area contributed by atoms with Crippen molar-refractivity contribution in [1.82, 2.24) is 10.2 Å². The van der Waals surface area contributed by atoms with Gasteiger partial charge >= 0.3 is 0 Å². The second kappa shape index (κ2) is 7.03. The van der Waals surface area contributed by atoms with E-state index in [0.29, 0.717) is 28.6 Å². The zero-order valence-electron chi connectivity index (χ0n) is 17.8. The van der Waals surface area contributed by atoms with E-state index in [9.17, 15) is 14.4 Å². The molecule has 1 aliphatic carbocycles. The van der Waals surface area contributed by atoms with Crippen LogP contribution in [0.5, 0.6) is 0 Å². The van der Waals surface area contributed by atoms with Crippen LogP contribution in [0.1, 0.15) is 28.4 Å². The SMILES string of the molecule is CCN1C(=O)/C(=c2/[nH][nH]c(=O)c2=C2c3ccccc3-c3ccccc32)C(=O)c2ccccc21. The molecule has 0 unspecified atom stereocenters. The van der Waals surface area contributed by atoms with Crippen LogP contribution >= 0.6 is 0 Å². The van der Waals surface area contributed by atoms with Crippen molar-refractivity contribution >= 4 is 28.5 Å². The van der Waals surface area contributed by atoms with Gasteiger partial charge in [-0.05, 0) is 41.3 Å². The summed E-state index contributed by atoms with van der Waals surface area (Å²) in [6.45, 7) is 2.26. The Kier molecular flexibility index (Phi) is 4.10. The van der Waals surface area contributed by atoms with Gasteiger partial charge in [-0.2, -0.15) is 0 Å². The molecule has 0 saturated heterocycles. The summed E-state index contributed by atoms with van der Waals surface area (Å²) < 4.78 is 0. The molecule has 1 amide bonds. The molecule has 0 saturated carbocycles. The van der Waals surface area contributed by atoms with E-state index < -0.39 is 11.7 Å². The molecule has 0 atom stereocenters. The Morgan fingerprint density at radius 3 is 1.82 bits per heavy atom. The number of hydrogen-bond donors (Lipinski definition) is 2. The summed E-state index contributed by atoms with van der Waals surface area (Å²) in [4.78, 5) is 41.8. The molecule has 3 aromatic carbocycles. The summed E-state index contributed by atoms with van der Waals surface area (Å²) in [5.74, 6) is -0.810. The number of aromatic nitrogens is 2. The number of Topliss-reactive ketones (excluding diaryl/α,β-unsaturated/α-hetero) is 1. The number of nitrogens with one attached hydrogen (secondary N) is 2. The third kappa shape index (κ3) is 2.58. The number of para-hydroxylation sites is 1. The molecule has 0 spiro atoms. The maximum atomic E-state index is 13.5. The topological polar surface area (TPSA) is 86.0 Å². The molecule has 33 heavy (non-hydrogen) atoms. The quantitative estimate of drug-likeness (QED) is 0.426. The molecule has 6 heteroatoms. The first-order chi connectivity index (χ1) is 16.1. The minimum atomic E-state index is -0.419. The predicted molar refractivity (Wildman–Crippen MR) is 126 cm³/mol. The Morgan fingerprint density at radius 1 is 0.667 bits per heavy atom. The van der Waals surface area contributed by atoms with Crippen LogP contribution in [0.15, 0.2) is 77.6 Å². The lowest BCUT2D eigenvalue weighted by Crippen LogP contribution is -2.46. The zero-order chi connectivity index (χ0) is 22.7. The molecule has 2 heterocycles. The van der Waals surface area contributed by atoms with Crippen LogP contribution in [0.25, 0.3) is 22.3 Å². The molecular weight excluding hydrogens is 414 g/mol. The highest BCUT2D eigenvalue weighted by Gasteiger charge is 2.35. The highest BCUT2D eigenvalue weighted by atomic mass is 16.2. The smallest absolute Gasteiger partial charge is 0.272 e. The molecule has 6 rings (SSSR count). The van der Waals surface area contributed by atoms with Gasteiger partial charge in [-0.3, -0.25) is 24.6 Å². The van der Waals surface area contributed by atoms with Crippen molar-refractivity contribution in [3.63, 3.8) is 0 Å². The molecule has 0 radical (unpaired) electrons. The van der Waals surface area contributed by atoms with Gasteiger partial charge in [-0.1, -0.05) is 60.7 Å². The first-order valence-electron chi connectivity index (χ1n) is 10.8. The summed E-state index contributed by atoms with van der Waals surface area (Å²) in [6.07, 6.45) is 0. The molecule has 1 aliphatic heterocycles. The zero-order valence-corrected chi connectivity index (χ0v) is 17.8. The number of anilines is 1. The highest BCUT2D eigenvalue weighted by Crippen LogP contribution is 2.42. The van der Waals surface area contributed by atoms with E-state index in [0.717, 1.165) is 22.3 Å². The molecular formula is C27H19N3O3. The van der Waals surface area contributed by atoms with E-state index in [4.69, 9.17) is 0 Å². The Hall–Kier alpha value is -4.45.